The number of rotatable bonds is 6. The Hall–Kier alpha value is -2.26. The number of esters is 1. The van der Waals surface area contributed by atoms with Gasteiger partial charge in [-0.25, -0.2) is 14.8 Å². The molecular weight excluding hydrogens is 346 g/mol. The maximum atomic E-state index is 12.1. The number of ether oxygens (including phenoxy) is 1. The zero-order valence-electron chi connectivity index (χ0n) is 13.2. The third-order valence-electron chi connectivity index (χ3n) is 3.25. The summed E-state index contributed by atoms with van der Waals surface area (Å²) in [4.78, 5) is 22.1. The number of nitrogens with zero attached hydrogens (tertiary/aromatic N) is 5. The zero-order chi connectivity index (χ0) is 17.1. The van der Waals surface area contributed by atoms with E-state index in [-0.39, 0.29) is 5.97 Å². The van der Waals surface area contributed by atoms with Gasteiger partial charge < -0.3 is 9.30 Å². The number of fused-ring (bicyclic) bond motifs is 1. The predicted molar refractivity (Wildman–Crippen MR) is 92.5 cm³/mol. The van der Waals surface area contributed by atoms with Crippen LogP contribution in [0.3, 0.4) is 0 Å². The fraction of sp³-hybridized carbons (Fsp3) is 0.267. The smallest absolute Gasteiger partial charge is 0.348 e. The van der Waals surface area contributed by atoms with E-state index in [2.05, 4.69) is 26.7 Å². The van der Waals surface area contributed by atoms with Gasteiger partial charge in [0, 0.05) is 11.9 Å². The summed E-state index contributed by atoms with van der Waals surface area (Å²) >= 11 is 2.70. The minimum Gasteiger partial charge on any atom is -0.462 e. The number of carbonyl (C=O) groups is 1. The normalized spacial score (nSPS) is 10.9. The lowest BCUT2D eigenvalue weighted by molar-refractivity contribution is 0.0531. The molecule has 3 aromatic rings. The van der Waals surface area contributed by atoms with Gasteiger partial charge in [-0.05, 0) is 31.2 Å². The van der Waals surface area contributed by atoms with E-state index in [1.54, 1.807) is 19.3 Å². The first-order valence-electron chi connectivity index (χ1n) is 7.23. The summed E-state index contributed by atoms with van der Waals surface area (Å²) in [6.45, 7) is 8.34. The molecule has 124 valence electrons. The first-order valence-corrected chi connectivity index (χ1v) is 8.86. The predicted octanol–water partition coefficient (Wildman–Crippen LogP) is 3.11. The maximum Gasteiger partial charge on any atom is 0.348 e. The van der Waals surface area contributed by atoms with Gasteiger partial charge in [-0.15, -0.1) is 28.1 Å². The molecule has 0 aliphatic heterocycles. The van der Waals surface area contributed by atoms with Crippen LogP contribution in [0.4, 0.5) is 0 Å². The van der Waals surface area contributed by atoms with Crippen molar-refractivity contribution in [2.45, 2.75) is 30.6 Å². The second-order valence-electron chi connectivity index (χ2n) is 4.79. The lowest BCUT2D eigenvalue weighted by atomic mass is 10.2. The second-order valence-corrected chi connectivity index (χ2v) is 6.75. The molecule has 9 heteroatoms. The van der Waals surface area contributed by atoms with Gasteiger partial charge in [0.25, 0.3) is 0 Å². The van der Waals surface area contributed by atoms with Crippen LogP contribution in [0.1, 0.15) is 22.2 Å². The topological polar surface area (TPSA) is 82.8 Å². The summed E-state index contributed by atoms with van der Waals surface area (Å²) in [6, 6.07) is 0. The van der Waals surface area contributed by atoms with Crippen LogP contribution in [0.5, 0.6) is 0 Å². The van der Waals surface area contributed by atoms with Crippen LogP contribution in [-0.2, 0) is 11.3 Å². The lowest BCUT2D eigenvalue weighted by Crippen LogP contribution is -2.03. The molecule has 0 amide bonds. The number of aryl methyl sites for hydroxylation is 1. The molecule has 0 bridgehead atoms. The molecule has 7 nitrogen and oxygen atoms in total. The highest BCUT2D eigenvalue weighted by Crippen LogP contribution is 2.37. The number of aromatic nitrogens is 5. The van der Waals surface area contributed by atoms with Crippen LogP contribution in [0.15, 0.2) is 35.5 Å². The molecular formula is C15H15N5O2S2. The van der Waals surface area contributed by atoms with Crippen LogP contribution in [0, 0.1) is 6.92 Å². The molecule has 0 spiro atoms. The van der Waals surface area contributed by atoms with Gasteiger partial charge in [0.15, 0.2) is 5.16 Å². The van der Waals surface area contributed by atoms with Crippen molar-refractivity contribution in [1.29, 1.82) is 0 Å². The third kappa shape index (κ3) is 3.04. The molecule has 0 saturated heterocycles. The Kier molecular flexibility index (Phi) is 4.91. The summed E-state index contributed by atoms with van der Waals surface area (Å²) in [6.07, 6.45) is 4.91. The standard InChI is InChI=1S/C15H15N5O2S2/c1-4-6-20-8-18-19-15(20)24-13-10-9(3)11(14(21)22-5-2)23-12(10)16-7-17-13/h4,7-8H,1,5-6H2,2-3H3. The number of thiophene rings is 1. The van der Waals surface area contributed by atoms with Crippen LogP contribution < -0.4 is 0 Å². The molecule has 0 aromatic carbocycles. The molecule has 3 aromatic heterocycles. The van der Waals surface area contributed by atoms with Gasteiger partial charge in [0.1, 0.15) is 27.4 Å². The molecule has 0 aliphatic carbocycles. The molecule has 0 atom stereocenters. The van der Waals surface area contributed by atoms with E-state index in [0.717, 1.165) is 20.8 Å². The van der Waals surface area contributed by atoms with Crippen LogP contribution >= 0.6 is 23.1 Å². The number of allylic oxidation sites excluding steroid dienone is 1. The fourth-order valence-electron chi connectivity index (χ4n) is 2.18. The van der Waals surface area contributed by atoms with E-state index in [1.165, 1.54) is 29.4 Å². The SMILES string of the molecule is C=CCn1cnnc1Sc1ncnc2sc(C(=O)OCC)c(C)c12. The van der Waals surface area contributed by atoms with Crippen molar-refractivity contribution >= 4 is 39.3 Å². The minimum absolute atomic E-state index is 0.330. The quantitative estimate of drug-likeness (QED) is 0.379. The van der Waals surface area contributed by atoms with Crippen molar-refractivity contribution in [1.82, 2.24) is 24.7 Å². The van der Waals surface area contributed by atoms with E-state index < -0.39 is 0 Å². The third-order valence-corrected chi connectivity index (χ3v) is 5.43. The summed E-state index contributed by atoms with van der Waals surface area (Å²) < 4.78 is 6.99. The molecule has 0 unspecified atom stereocenters. The van der Waals surface area contributed by atoms with Gasteiger partial charge in [-0.3, -0.25) is 0 Å². The van der Waals surface area contributed by atoms with Gasteiger partial charge >= 0.3 is 5.97 Å². The minimum atomic E-state index is -0.330. The van der Waals surface area contributed by atoms with Gasteiger partial charge in [-0.2, -0.15) is 0 Å². The van der Waals surface area contributed by atoms with Gasteiger partial charge in [-0.1, -0.05) is 6.08 Å². The average Bonchev–Trinajstić information content (AvgIpc) is 3.14. The maximum absolute atomic E-state index is 12.1. The molecule has 0 aliphatic rings. The van der Waals surface area contributed by atoms with Crippen LogP contribution in [-0.4, -0.2) is 37.3 Å². The van der Waals surface area contributed by atoms with E-state index in [4.69, 9.17) is 4.74 Å². The van der Waals surface area contributed by atoms with Crippen molar-refractivity contribution in [2.24, 2.45) is 0 Å². The van der Waals surface area contributed by atoms with Crippen molar-refractivity contribution in [3.63, 3.8) is 0 Å². The highest BCUT2D eigenvalue weighted by molar-refractivity contribution is 7.99. The molecule has 0 radical (unpaired) electrons. The number of carbonyl (C=O) groups excluding carboxylic acids is 1. The van der Waals surface area contributed by atoms with E-state index in [0.29, 0.717) is 23.2 Å². The Bertz CT molecular complexity index is 903. The molecule has 0 fully saturated rings. The summed E-state index contributed by atoms with van der Waals surface area (Å²) in [5.41, 5.74) is 0.825. The average molecular weight is 361 g/mol. The highest BCUT2D eigenvalue weighted by Gasteiger charge is 2.21. The van der Waals surface area contributed by atoms with E-state index >= 15 is 0 Å². The summed E-state index contributed by atoms with van der Waals surface area (Å²) in [5, 5.41) is 10.3. The Morgan fingerprint density at radius 2 is 2.33 bits per heavy atom. The van der Waals surface area contributed by atoms with Gasteiger partial charge in [0.05, 0.1) is 6.61 Å². The summed E-state index contributed by atoms with van der Waals surface area (Å²) in [5.74, 6) is -0.330. The van der Waals surface area contributed by atoms with Crippen LogP contribution in [0.25, 0.3) is 10.2 Å². The van der Waals surface area contributed by atoms with Crippen molar-refractivity contribution in [3.05, 3.63) is 35.8 Å². The fourth-order valence-corrected chi connectivity index (χ4v) is 4.24. The Morgan fingerprint density at radius 3 is 3.08 bits per heavy atom. The molecule has 0 saturated carbocycles. The van der Waals surface area contributed by atoms with Crippen molar-refractivity contribution in [3.8, 4) is 0 Å². The van der Waals surface area contributed by atoms with Gasteiger partial charge in [0.2, 0.25) is 0 Å². The van der Waals surface area contributed by atoms with Crippen LogP contribution in [0.2, 0.25) is 0 Å². The zero-order valence-corrected chi connectivity index (χ0v) is 14.9. The Balaban J connectivity index is 2.04. The number of hydrogen-bond acceptors (Lipinski definition) is 8. The molecule has 24 heavy (non-hydrogen) atoms. The van der Waals surface area contributed by atoms with E-state index in [9.17, 15) is 4.79 Å². The first-order chi connectivity index (χ1) is 11.7. The lowest BCUT2D eigenvalue weighted by Gasteiger charge is -2.04. The van der Waals surface area contributed by atoms with Crippen molar-refractivity contribution in [2.75, 3.05) is 6.61 Å². The Morgan fingerprint density at radius 1 is 1.50 bits per heavy atom. The highest BCUT2D eigenvalue weighted by atomic mass is 32.2. The van der Waals surface area contributed by atoms with E-state index in [1.807, 2.05) is 11.5 Å². The largest absolute Gasteiger partial charge is 0.462 e. The molecule has 3 heterocycles. The molecule has 3 rings (SSSR count). The monoisotopic (exact) mass is 361 g/mol. The summed E-state index contributed by atoms with van der Waals surface area (Å²) in [7, 11) is 0. The first kappa shape index (κ1) is 16.6. The number of hydrogen-bond donors (Lipinski definition) is 0. The molecule has 0 N–H and O–H groups in total. The second kappa shape index (κ2) is 7.10. The van der Waals surface area contributed by atoms with Crippen molar-refractivity contribution < 1.29 is 9.53 Å². The Labute approximate surface area is 146 Å².